The average molecular weight is 221 g/mol. The third-order valence-electron chi connectivity index (χ3n) is 3.08. The molecule has 1 heterocycles. The molecule has 1 aromatic rings. The first-order chi connectivity index (χ1) is 7.38. The molecule has 4 nitrogen and oxygen atoms in total. The van der Waals surface area contributed by atoms with E-state index in [4.69, 9.17) is 5.73 Å². The van der Waals surface area contributed by atoms with Crippen molar-refractivity contribution in [2.45, 2.75) is 32.7 Å². The lowest BCUT2D eigenvalue weighted by atomic mass is 9.99. The molecule has 4 heteroatoms. The first kappa shape index (κ1) is 12.5. The molecular weight excluding hydrogens is 202 g/mol. The second-order valence-corrected chi connectivity index (χ2v) is 4.50. The van der Waals surface area contributed by atoms with Crippen molar-refractivity contribution in [1.29, 1.82) is 0 Å². The maximum Gasteiger partial charge on any atom is 0.272 e. The van der Waals surface area contributed by atoms with Crippen LogP contribution in [0.3, 0.4) is 0 Å². The molecule has 0 bridgehead atoms. The molecule has 0 fully saturated rings. The molecule has 1 amide bonds. The Morgan fingerprint density at radius 3 is 2.69 bits per heavy atom. The summed E-state index contributed by atoms with van der Waals surface area (Å²) in [4.78, 5) is 17.9. The van der Waals surface area contributed by atoms with Gasteiger partial charge in [0, 0.05) is 24.5 Å². The monoisotopic (exact) mass is 221 g/mol. The van der Waals surface area contributed by atoms with Crippen molar-refractivity contribution in [3.8, 4) is 0 Å². The summed E-state index contributed by atoms with van der Waals surface area (Å²) < 4.78 is 0. The quantitative estimate of drug-likeness (QED) is 0.848. The zero-order valence-electron chi connectivity index (χ0n) is 10.3. The first-order valence-corrected chi connectivity index (χ1v) is 5.38. The number of hydrogen-bond acceptors (Lipinski definition) is 3. The van der Waals surface area contributed by atoms with Crippen molar-refractivity contribution in [2.75, 3.05) is 12.8 Å². The average Bonchev–Trinajstić information content (AvgIpc) is 2.27. The van der Waals surface area contributed by atoms with Crippen LogP contribution in [0.5, 0.6) is 0 Å². The Morgan fingerprint density at radius 2 is 2.19 bits per heavy atom. The van der Waals surface area contributed by atoms with Crippen LogP contribution in [0, 0.1) is 0 Å². The van der Waals surface area contributed by atoms with Crippen LogP contribution in [0.25, 0.3) is 0 Å². The third kappa shape index (κ3) is 2.51. The van der Waals surface area contributed by atoms with Crippen LogP contribution >= 0.6 is 0 Å². The van der Waals surface area contributed by atoms with E-state index in [1.807, 2.05) is 13.8 Å². The van der Waals surface area contributed by atoms with Crippen LogP contribution in [0.15, 0.2) is 18.3 Å². The van der Waals surface area contributed by atoms with Gasteiger partial charge in [-0.15, -0.1) is 0 Å². The van der Waals surface area contributed by atoms with Crippen LogP contribution in [0.2, 0.25) is 0 Å². The topological polar surface area (TPSA) is 59.2 Å². The number of anilines is 1. The molecule has 0 aromatic carbocycles. The number of carbonyl (C=O) groups is 1. The van der Waals surface area contributed by atoms with Gasteiger partial charge < -0.3 is 10.6 Å². The lowest BCUT2D eigenvalue weighted by molar-refractivity contribution is 0.0614. The van der Waals surface area contributed by atoms with Gasteiger partial charge in [-0.05, 0) is 32.4 Å². The zero-order chi connectivity index (χ0) is 12.3. The fraction of sp³-hybridized carbons (Fsp3) is 0.500. The number of amides is 1. The summed E-state index contributed by atoms with van der Waals surface area (Å²) in [6.45, 7) is 6.10. The maximum absolute atomic E-state index is 12.1. The highest BCUT2D eigenvalue weighted by molar-refractivity contribution is 5.93. The third-order valence-corrected chi connectivity index (χ3v) is 3.08. The molecule has 0 radical (unpaired) electrons. The Hall–Kier alpha value is -1.58. The number of nitrogens with two attached hydrogens (primary N) is 1. The standard InChI is InChI=1S/C12H19N3O/c1-5-12(2,3)15(4)11(16)10-8-9(13)6-7-14-10/h6-8H,5H2,1-4H3,(H2,13,14). The Kier molecular flexibility index (Phi) is 3.52. The minimum atomic E-state index is -0.177. The number of hydrogen-bond donors (Lipinski definition) is 1. The van der Waals surface area contributed by atoms with Crippen molar-refractivity contribution in [3.63, 3.8) is 0 Å². The van der Waals surface area contributed by atoms with E-state index in [0.29, 0.717) is 11.4 Å². The molecule has 0 aliphatic rings. The number of pyridine rings is 1. The first-order valence-electron chi connectivity index (χ1n) is 5.38. The van der Waals surface area contributed by atoms with E-state index in [0.717, 1.165) is 6.42 Å². The lowest BCUT2D eigenvalue weighted by Crippen LogP contribution is -2.44. The van der Waals surface area contributed by atoms with Crippen LogP contribution in [0.4, 0.5) is 5.69 Å². The Labute approximate surface area is 96.5 Å². The summed E-state index contributed by atoms with van der Waals surface area (Å²) in [5, 5.41) is 0. The molecule has 1 rings (SSSR count). The lowest BCUT2D eigenvalue weighted by Gasteiger charge is -2.34. The predicted octanol–water partition coefficient (Wildman–Crippen LogP) is 1.92. The summed E-state index contributed by atoms with van der Waals surface area (Å²) in [6, 6.07) is 3.27. The molecule has 0 saturated heterocycles. The molecule has 0 spiro atoms. The van der Waals surface area contributed by atoms with E-state index in [2.05, 4.69) is 11.9 Å². The number of rotatable bonds is 3. The molecule has 2 N–H and O–H groups in total. The molecule has 88 valence electrons. The molecule has 0 aliphatic carbocycles. The van der Waals surface area contributed by atoms with Gasteiger partial charge in [0.2, 0.25) is 0 Å². The van der Waals surface area contributed by atoms with Gasteiger partial charge in [-0.25, -0.2) is 0 Å². The smallest absolute Gasteiger partial charge is 0.272 e. The summed E-state index contributed by atoms with van der Waals surface area (Å²) >= 11 is 0. The molecule has 0 aliphatic heterocycles. The van der Waals surface area contributed by atoms with E-state index in [1.54, 1.807) is 30.3 Å². The molecule has 0 saturated carbocycles. The van der Waals surface area contributed by atoms with Gasteiger partial charge in [0.25, 0.3) is 5.91 Å². The Bertz CT molecular complexity index is 388. The maximum atomic E-state index is 12.1. The van der Waals surface area contributed by atoms with E-state index >= 15 is 0 Å². The van der Waals surface area contributed by atoms with Gasteiger partial charge in [0.05, 0.1) is 0 Å². The number of carbonyl (C=O) groups excluding carboxylic acids is 1. The molecular formula is C12H19N3O. The van der Waals surface area contributed by atoms with Gasteiger partial charge in [-0.1, -0.05) is 6.92 Å². The van der Waals surface area contributed by atoms with E-state index in [1.165, 1.54) is 0 Å². The highest BCUT2D eigenvalue weighted by Gasteiger charge is 2.27. The van der Waals surface area contributed by atoms with Gasteiger partial charge in [0.1, 0.15) is 5.69 Å². The van der Waals surface area contributed by atoms with Crippen LogP contribution in [-0.2, 0) is 0 Å². The van der Waals surface area contributed by atoms with Crippen molar-refractivity contribution in [3.05, 3.63) is 24.0 Å². The fourth-order valence-corrected chi connectivity index (χ4v) is 1.25. The van der Waals surface area contributed by atoms with Crippen molar-refractivity contribution >= 4 is 11.6 Å². The minimum absolute atomic E-state index is 0.0980. The van der Waals surface area contributed by atoms with Crippen LogP contribution in [0.1, 0.15) is 37.7 Å². The SMILES string of the molecule is CCC(C)(C)N(C)C(=O)c1cc(N)ccn1. The van der Waals surface area contributed by atoms with Crippen LogP contribution in [-0.4, -0.2) is 28.4 Å². The van der Waals surface area contributed by atoms with Gasteiger partial charge in [-0.2, -0.15) is 0 Å². The minimum Gasteiger partial charge on any atom is -0.399 e. The van der Waals surface area contributed by atoms with E-state index in [9.17, 15) is 4.79 Å². The Morgan fingerprint density at radius 1 is 1.56 bits per heavy atom. The summed E-state index contributed by atoms with van der Waals surface area (Å²) in [5.74, 6) is -0.0980. The van der Waals surface area contributed by atoms with E-state index in [-0.39, 0.29) is 11.4 Å². The second-order valence-electron chi connectivity index (χ2n) is 4.50. The zero-order valence-corrected chi connectivity index (χ0v) is 10.3. The predicted molar refractivity (Wildman–Crippen MR) is 65.1 cm³/mol. The van der Waals surface area contributed by atoms with Crippen molar-refractivity contribution in [1.82, 2.24) is 9.88 Å². The largest absolute Gasteiger partial charge is 0.399 e. The number of nitrogens with zero attached hydrogens (tertiary/aromatic N) is 2. The summed E-state index contributed by atoms with van der Waals surface area (Å²) in [7, 11) is 1.79. The van der Waals surface area contributed by atoms with Gasteiger partial charge >= 0.3 is 0 Å². The summed E-state index contributed by atoms with van der Waals surface area (Å²) in [6.07, 6.45) is 2.44. The van der Waals surface area contributed by atoms with Crippen LogP contribution < -0.4 is 5.73 Å². The number of nitrogen functional groups attached to an aromatic ring is 1. The fourth-order valence-electron chi connectivity index (χ4n) is 1.25. The normalized spacial score (nSPS) is 11.2. The molecule has 0 unspecified atom stereocenters. The Balaban J connectivity index is 2.95. The van der Waals surface area contributed by atoms with Gasteiger partial charge in [0.15, 0.2) is 0 Å². The van der Waals surface area contributed by atoms with E-state index < -0.39 is 0 Å². The molecule has 1 aromatic heterocycles. The van der Waals surface area contributed by atoms with Crippen molar-refractivity contribution in [2.24, 2.45) is 0 Å². The molecule has 0 atom stereocenters. The van der Waals surface area contributed by atoms with Crippen molar-refractivity contribution < 1.29 is 4.79 Å². The number of aromatic nitrogens is 1. The molecule has 16 heavy (non-hydrogen) atoms. The second kappa shape index (κ2) is 4.51. The van der Waals surface area contributed by atoms with Gasteiger partial charge in [-0.3, -0.25) is 9.78 Å². The summed E-state index contributed by atoms with van der Waals surface area (Å²) in [5.41, 5.74) is 6.40. The highest BCUT2D eigenvalue weighted by Crippen LogP contribution is 2.19. The highest BCUT2D eigenvalue weighted by atomic mass is 16.2.